The summed E-state index contributed by atoms with van der Waals surface area (Å²) >= 11 is 0. The lowest BCUT2D eigenvalue weighted by Crippen LogP contribution is -2.33. The third-order valence-corrected chi connectivity index (χ3v) is 4.46. The van der Waals surface area contributed by atoms with E-state index in [0.717, 1.165) is 40.9 Å². The minimum Gasteiger partial charge on any atom is -0.321 e. The zero-order valence-corrected chi connectivity index (χ0v) is 14.0. The molecule has 0 aliphatic rings. The van der Waals surface area contributed by atoms with Crippen LogP contribution in [0.15, 0.2) is 42.5 Å². The second-order valence-electron chi connectivity index (χ2n) is 5.21. The lowest BCUT2D eigenvalue weighted by atomic mass is 10.2. The van der Waals surface area contributed by atoms with Crippen LogP contribution in [-0.2, 0) is 14.8 Å². The van der Waals surface area contributed by atoms with Gasteiger partial charge in [-0.3, -0.25) is 9.10 Å². The Labute approximate surface area is 143 Å². The van der Waals surface area contributed by atoms with E-state index in [4.69, 9.17) is 0 Å². The predicted octanol–water partition coefficient (Wildman–Crippen LogP) is 2.90. The fourth-order valence-corrected chi connectivity index (χ4v) is 3.06. The molecule has 2 aromatic rings. The third kappa shape index (κ3) is 4.96. The Kier molecular flexibility index (Phi) is 5.68. The summed E-state index contributed by atoms with van der Waals surface area (Å²) in [7, 11) is -3.78. The number of hydrogen-bond donors (Lipinski definition) is 1. The lowest BCUT2D eigenvalue weighted by Gasteiger charge is -2.22. The average molecular weight is 372 g/mol. The van der Waals surface area contributed by atoms with Crippen molar-refractivity contribution in [3.63, 3.8) is 0 Å². The van der Waals surface area contributed by atoms with Crippen LogP contribution in [0.2, 0.25) is 0 Å². The molecular formula is C16H15F3N2O3S. The van der Waals surface area contributed by atoms with Gasteiger partial charge in [0, 0.05) is 13.0 Å². The zero-order chi connectivity index (χ0) is 18.6. The van der Waals surface area contributed by atoms with Gasteiger partial charge in [-0.15, -0.1) is 0 Å². The Balaban J connectivity index is 2.12. The number of carbonyl (C=O) groups is 1. The molecule has 0 saturated carbocycles. The van der Waals surface area contributed by atoms with Gasteiger partial charge in [0.2, 0.25) is 15.9 Å². The second kappa shape index (κ2) is 7.56. The van der Waals surface area contributed by atoms with E-state index in [2.05, 4.69) is 5.32 Å². The van der Waals surface area contributed by atoms with Crippen LogP contribution in [0.1, 0.15) is 6.42 Å². The van der Waals surface area contributed by atoms with E-state index in [1.807, 2.05) is 0 Å². The van der Waals surface area contributed by atoms with Crippen molar-refractivity contribution in [3.05, 3.63) is 59.9 Å². The van der Waals surface area contributed by atoms with Crippen LogP contribution < -0.4 is 9.62 Å². The smallest absolute Gasteiger partial charge is 0.232 e. The van der Waals surface area contributed by atoms with Crippen molar-refractivity contribution >= 4 is 27.3 Å². The first kappa shape index (κ1) is 18.8. The number of rotatable bonds is 6. The molecule has 9 heteroatoms. The molecule has 5 nitrogen and oxygen atoms in total. The molecule has 0 spiro atoms. The average Bonchev–Trinajstić information content (AvgIpc) is 2.50. The standard InChI is InChI=1S/C16H15F3N2O3S/c1-25(23,24)21(12-5-2-4-11(17)10-12)9-8-15(22)20-16-13(18)6-3-7-14(16)19/h2-7,10H,8-9H2,1H3,(H,20,22). The van der Waals surface area contributed by atoms with E-state index >= 15 is 0 Å². The van der Waals surface area contributed by atoms with Gasteiger partial charge in [-0.1, -0.05) is 12.1 Å². The van der Waals surface area contributed by atoms with E-state index in [9.17, 15) is 26.4 Å². The Hall–Kier alpha value is -2.55. The maximum absolute atomic E-state index is 13.5. The van der Waals surface area contributed by atoms with Gasteiger partial charge in [0.05, 0.1) is 11.9 Å². The van der Waals surface area contributed by atoms with Gasteiger partial charge >= 0.3 is 0 Å². The lowest BCUT2D eigenvalue weighted by molar-refractivity contribution is -0.116. The summed E-state index contributed by atoms with van der Waals surface area (Å²) in [4.78, 5) is 11.9. The molecule has 2 aromatic carbocycles. The molecule has 0 aliphatic heterocycles. The van der Waals surface area contributed by atoms with Gasteiger partial charge < -0.3 is 5.32 Å². The summed E-state index contributed by atoms with van der Waals surface area (Å²) in [5.41, 5.74) is -0.559. The number of halogens is 3. The Morgan fingerprint density at radius 1 is 1.08 bits per heavy atom. The number of carbonyl (C=O) groups excluding carboxylic acids is 1. The van der Waals surface area contributed by atoms with Crippen molar-refractivity contribution < 1.29 is 26.4 Å². The molecule has 0 atom stereocenters. The summed E-state index contributed by atoms with van der Waals surface area (Å²) in [6.07, 6.45) is 0.531. The van der Waals surface area contributed by atoms with Gasteiger partial charge in [0.1, 0.15) is 23.1 Å². The first-order chi connectivity index (χ1) is 11.7. The SMILES string of the molecule is CS(=O)(=O)N(CCC(=O)Nc1c(F)cccc1F)c1cccc(F)c1. The highest BCUT2D eigenvalue weighted by Crippen LogP contribution is 2.20. The number of benzene rings is 2. The highest BCUT2D eigenvalue weighted by molar-refractivity contribution is 7.92. The monoisotopic (exact) mass is 372 g/mol. The van der Waals surface area contributed by atoms with E-state index in [0.29, 0.717) is 0 Å². The summed E-state index contributed by atoms with van der Waals surface area (Å²) in [6, 6.07) is 7.97. The first-order valence-corrected chi connectivity index (χ1v) is 9.00. The number of sulfonamides is 1. The molecule has 1 N–H and O–H groups in total. The van der Waals surface area contributed by atoms with Gasteiger partial charge in [-0.25, -0.2) is 21.6 Å². The van der Waals surface area contributed by atoms with Crippen LogP contribution >= 0.6 is 0 Å². The number of nitrogens with one attached hydrogen (secondary N) is 1. The van der Waals surface area contributed by atoms with Crippen molar-refractivity contribution in [2.24, 2.45) is 0 Å². The van der Waals surface area contributed by atoms with Crippen molar-refractivity contribution in [1.82, 2.24) is 0 Å². The first-order valence-electron chi connectivity index (χ1n) is 7.15. The molecule has 134 valence electrons. The minimum absolute atomic E-state index is 0.0485. The second-order valence-corrected chi connectivity index (χ2v) is 7.12. The minimum atomic E-state index is -3.78. The molecule has 0 heterocycles. The van der Waals surface area contributed by atoms with Crippen LogP contribution in [-0.4, -0.2) is 27.1 Å². The van der Waals surface area contributed by atoms with E-state index in [-0.39, 0.29) is 18.7 Å². The molecule has 0 radical (unpaired) electrons. The topological polar surface area (TPSA) is 66.5 Å². The highest BCUT2D eigenvalue weighted by Gasteiger charge is 2.20. The molecule has 0 fully saturated rings. The van der Waals surface area contributed by atoms with Crippen LogP contribution in [0.3, 0.4) is 0 Å². The molecule has 0 bridgehead atoms. The van der Waals surface area contributed by atoms with Crippen molar-refractivity contribution in [2.75, 3.05) is 22.4 Å². The number of para-hydroxylation sites is 1. The number of nitrogens with zero attached hydrogens (tertiary/aromatic N) is 1. The highest BCUT2D eigenvalue weighted by atomic mass is 32.2. The van der Waals surface area contributed by atoms with Gasteiger partial charge in [0.25, 0.3) is 0 Å². The van der Waals surface area contributed by atoms with Crippen LogP contribution in [0.5, 0.6) is 0 Å². The number of anilines is 2. The quantitative estimate of drug-likeness (QED) is 0.848. The molecule has 0 aliphatic carbocycles. The molecular weight excluding hydrogens is 357 g/mol. The number of hydrogen-bond acceptors (Lipinski definition) is 3. The molecule has 1 amide bonds. The molecule has 2 rings (SSSR count). The Morgan fingerprint density at radius 3 is 2.24 bits per heavy atom. The summed E-state index contributed by atoms with van der Waals surface area (Å²) in [5.74, 6) is -3.31. The molecule has 0 aromatic heterocycles. The number of amides is 1. The van der Waals surface area contributed by atoms with Crippen LogP contribution in [0.25, 0.3) is 0 Å². The van der Waals surface area contributed by atoms with Gasteiger partial charge in [0.15, 0.2) is 0 Å². The van der Waals surface area contributed by atoms with E-state index in [1.165, 1.54) is 12.1 Å². The molecule has 25 heavy (non-hydrogen) atoms. The zero-order valence-electron chi connectivity index (χ0n) is 13.2. The van der Waals surface area contributed by atoms with Crippen LogP contribution in [0.4, 0.5) is 24.5 Å². The maximum Gasteiger partial charge on any atom is 0.232 e. The molecule has 0 unspecified atom stereocenters. The van der Waals surface area contributed by atoms with Crippen molar-refractivity contribution in [2.45, 2.75) is 6.42 Å². The van der Waals surface area contributed by atoms with Crippen molar-refractivity contribution in [3.8, 4) is 0 Å². The summed E-state index contributed by atoms with van der Waals surface area (Å²) in [5, 5.41) is 2.06. The third-order valence-electron chi connectivity index (χ3n) is 3.27. The predicted molar refractivity (Wildman–Crippen MR) is 88.2 cm³/mol. The summed E-state index contributed by atoms with van der Waals surface area (Å²) in [6.45, 7) is -0.315. The maximum atomic E-state index is 13.5. The van der Waals surface area contributed by atoms with Crippen LogP contribution in [0, 0.1) is 17.5 Å². The normalized spacial score (nSPS) is 11.2. The Bertz CT molecular complexity index is 868. The van der Waals surface area contributed by atoms with Gasteiger partial charge in [-0.2, -0.15) is 0 Å². The fourth-order valence-electron chi connectivity index (χ4n) is 2.14. The molecule has 0 saturated heterocycles. The summed E-state index contributed by atoms with van der Waals surface area (Å²) < 4.78 is 64.9. The Morgan fingerprint density at radius 2 is 1.68 bits per heavy atom. The van der Waals surface area contributed by atoms with E-state index < -0.39 is 39.1 Å². The van der Waals surface area contributed by atoms with Crippen molar-refractivity contribution in [1.29, 1.82) is 0 Å². The largest absolute Gasteiger partial charge is 0.321 e. The van der Waals surface area contributed by atoms with E-state index in [1.54, 1.807) is 0 Å². The fraction of sp³-hybridized carbons (Fsp3) is 0.188. The van der Waals surface area contributed by atoms with Gasteiger partial charge in [-0.05, 0) is 30.3 Å².